The minimum atomic E-state index is -0.964. The first kappa shape index (κ1) is 23.2. The molecule has 1 aliphatic heterocycles. The molecule has 0 aromatic heterocycles. The molecule has 156 valence electrons. The van der Waals surface area contributed by atoms with E-state index in [1.54, 1.807) is 0 Å². The fraction of sp³-hybridized carbons (Fsp3) is 0.474. The van der Waals surface area contributed by atoms with Crippen LogP contribution in [0, 0.1) is 6.92 Å². The number of azide groups is 1. The van der Waals surface area contributed by atoms with Crippen LogP contribution in [0.25, 0.3) is 10.4 Å². The maximum absolute atomic E-state index is 11.4. The van der Waals surface area contributed by atoms with Crippen LogP contribution >= 0.6 is 23.5 Å². The van der Waals surface area contributed by atoms with Gasteiger partial charge in [-0.15, -0.1) is 11.8 Å². The molecular weight excluding hydrogens is 412 g/mol. The highest BCUT2D eigenvalue weighted by atomic mass is 32.2. The number of carbonyl (C=O) groups is 1. The molecule has 2 N–H and O–H groups in total. The number of fused-ring (bicyclic) bond motifs is 1. The number of unbranched alkanes of at least 4 members (excludes halogenated alkanes) is 2. The van der Waals surface area contributed by atoms with Crippen LogP contribution in [-0.4, -0.2) is 47.4 Å². The number of aryl methyl sites for hydroxylation is 1. The molecule has 1 heterocycles. The van der Waals surface area contributed by atoms with Crippen molar-refractivity contribution in [3.63, 3.8) is 0 Å². The van der Waals surface area contributed by atoms with Crippen molar-refractivity contribution in [2.45, 2.75) is 47.6 Å². The Morgan fingerprint density at radius 2 is 2.17 bits per heavy atom. The minimum absolute atomic E-state index is 0.0939. The van der Waals surface area contributed by atoms with Crippen LogP contribution in [-0.2, 0) is 9.63 Å². The lowest BCUT2D eigenvalue weighted by Gasteiger charge is -2.27. The normalized spacial score (nSPS) is 17.5. The SMILES string of the molecule is Cc1ccc2c(c1)S/C(=C(\C=N\OCCCCCN=[N+]=[N-])CC(=O)O)C(CO)S2. The molecule has 1 aliphatic rings. The lowest BCUT2D eigenvalue weighted by molar-refractivity contribution is -0.136. The van der Waals surface area contributed by atoms with Crippen molar-refractivity contribution < 1.29 is 19.8 Å². The third kappa shape index (κ3) is 7.66. The number of thioether (sulfide) groups is 2. The van der Waals surface area contributed by atoms with Gasteiger partial charge in [0, 0.05) is 26.2 Å². The molecule has 0 aliphatic carbocycles. The zero-order valence-electron chi connectivity index (χ0n) is 16.2. The van der Waals surface area contributed by atoms with E-state index in [2.05, 4.69) is 21.2 Å². The van der Waals surface area contributed by atoms with E-state index in [0.717, 1.165) is 39.5 Å². The van der Waals surface area contributed by atoms with Crippen molar-refractivity contribution in [1.82, 2.24) is 0 Å². The zero-order chi connectivity index (χ0) is 21.1. The van der Waals surface area contributed by atoms with Crippen LogP contribution in [0.15, 0.2) is 48.7 Å². The van der Waals surface area contributed by atoms with E-state index in [1.165, 1.54) is 29.7 Å². The van der Waals surface area contributed by atoms with Crippen LogP contribution in [0.4, 0.5) is 0 Å². The van der Waals surface area contributed by atoms with Gasteiger partial charge in [0.2, 0.25) is 0 Å². The Morgan fingerprint density at radius 1 is 1.34 bits per heavy atom. The summed E-state index contributed by atoms with van der Waals surface area (Å²) in [7, 11) is 0. The summed E-state index contributed by atoms with van der Waals surface area (Å²) in [6.07, 6.45) is 3.66. The summed E-state index contributed by atoms with van der Waals surface area (Å²) in [5.41, 5.74) is 9.87. The first-order valence-corrected chi connectivity index (χ1v) is 10.9. The third-order valence-corrected chi connectivity index (χ3v) is 6.93. The molecule has 0 radical (unpaired) electrons. The molecule has 1 atom stereocenters. The van der Waals surface area contributed by atoms with E-state index in [1.807, 2.05) is 19.1 Å². The predicted molar refractivity (Wildman–Crippen MR) is 115 cm³/mol. The first-order chi connectivity index (χ1) is 14.0. The van der Waals surface area contributed by atoms with Gasteiger partial charge in [-0.05, 0) is 55.0 Å². The van der Waals surface area contributed by atoms with Gasteiger partial charge in [0.25, 0.3) is 0 Å². The standard InChI is InChI=1S/C19H24N4O4S2/c1-13-5-6-15-16(9-13)29-19(17(12-24)28-15)14(10-18(25)26)11-22-27-8-4-2-3-7-21-23-20/h5-6,9,11,17,24H,2-4,7-8,10,12H2,1H3,(H,25,26)/b19-14-,22-11+. The number of nitrogens with zero attached hydrogens (tertiary/aromatic N) is 4. The second-order valence-electron chi connectivity index (χ2n) is 6.38. The monoisotopic (exact) mass is 436 g/mol. The largest absolute Gasteiger partial charge is 0.481 e. The smallest absolute Gasteiger partial charge is 0.307 e. The fourth-order valence-corrected chi connectivity index (χ4v) is 5.29. The van der Waals surface area contributed by atoms with Gasteiger partial charge in [0.05, 0.1) is 24.5 Å². The summed E-state index contributed by atoms with van der Waals surface area (Å²) in [6.45, 7) is 2.78. The molecular formula is C19H24N4O4S2. The number of benzene rings is 1. The van der Waals surface area contributed by atoms with Crippen LogP contribution < -0.4 is 0 Å². The van der Waals surface area contributed by atoms with Crippen molar-refractivity contribution in [1.29, 1.82) is 0 Å². The molecule has 0 bridgehead atoms. The second kappa shape index (κ2) is 12.4. The van der Waals surface area contributed by atoms with Gasteiger partial charge in [0.1, 0.15) is 6.61 Å². The molecule has 10 heteroatoms. The van der Waals surface area contributed by atoms with Crippen molar-refractivity contribution in [3.8, 4) is 0 Å². The van der Waals surface area contributed by atoms with Gasteiger partial charge in [-0.2, -0.15) is 0 Å². The van der Waals surface area contributed by atoms with E-state index in [4.69, 9.17) is 10.4 Å². The van der Waals surface area contributed by atoms with E-state index in [0.29, 0.717) is 18.7 Å². The maximum atomic E-state index is 11.4. The van der Waals surface area contributed by atoms with Gasteiger partial charge in [-0.25, -0.2) is 0 Å². The predicted octanol–water partition coefficient (Wildman–Crippen LogP) is 4.77. The Labute approximate surface area is 178 Å². The molecule has 1 aromatic carbocycles. The van der Waals surface area contributed by atoms with Gasteiger partial charge >= 0.3 is 5.97 Å². The highest BCUT2D eigenvalue weighted by molar-refractivity contribution is 8.08. The van der Waals surface area contributed by atoms with Crippen molar-refractivity contribution in [2.75, 3.05) is 19.8 Å². The Kier molecular flexibility index (Phi) is 9.93. The molecule has 0 amide bonds. The van der Waals surface area contributed by atoms with Crippen molar-refractivity contribution >= 4 is 35.7 Å². The fourth-order valence-electron chi connectivity index (χ4n) is 2.66. The summed E-state index contributed by atoms with van der Waals surface area (Å²) in [4.78, 5) is 22.2. The number of carboxylic acids is 1. The van der Waals surface area contributed by atoms with Crippen LogP contribution in [0.3, 0.4) is 0 Å². The van der Waals surface area contributed by atoms with Crippen LogP contribution in [0.2, 0.25) is 0 Å². The summed E-state index contributed by atoms with van der Waals surface area (Å²) in [6, 6.07) is 6.11. The lowest BCUT2D eigenvalue weighted by atomic mass is 10.1. The third-order valence-electron chi connectivity index (χ3n) is 4.04. The average Bonchev–Trinajstić information content (AvgIpc) is 2.70. The summed E-state index contributed by atoms with van der Waals surface area (Å²) >= 11 is 3.01. The van der Waals surface area contributed by atoms with Crippen molar-refractivity contribution in [3.05, 3.63) is 44.7 Å². The second-order valence-corrected chi connectivity index (χ2v) is 8.71. The topological polar surface area (TPSA) is 128 Å². The number of hydrogen-bond acceptors (Lipinski definition) is 7. The van der Waals surface area contributed by atoms with E-state index in [-0.39, 0.29) is 18.3 Å². The quantitative estimate of drug-likeness (QED) is 0.128. The maximum Gasteiger partial charge on any atom is 0.307 e. The number of aliphatic hydroxyl groups excluding tert-OH is 1. The van der Waals surface area contributed by atoms with Gasteiger partial charge in [-0.3, -0.25) is 4.79 Å². The van der Waals surface area contributed by atoms with E-state index in [9.17, 15) is 15.0 Å². The molecule has 0 saturated heterocycles. The highest BCUT2D eigenvalue weighted by Gasteiger charge is 2.27. The zero-order valence-corrected chi connectivity index (χ0v) is 17.8. The van der Waals surface area contributed by atoms with E-state index < -0.39 is 5.97 Å². The average molecular weight is 437 g/mol. The summed E-state index contributed by atoms with van der Waals surface area (Å²) in [5, 5.41) is 26.3. The van der Waals surface area contributed by atoms with Crippen molar-refractivity contribution in [2.24, 2.45) is 10.3 Å². The lowest BCUT2D eigenvalue weighted by Crippen LogP contribution is -2.17. The summed E-state index contributed by atoms with van der Waals surface area (Å²) in [5.74, 6) is -0.964. The number of rotatable bonds is 11. The molecule has 1 unspecified atom stereocenters. The molecule has 0 spiro atoms. The molecule has 1 aromatic rings. The molecule has 0 fully saturated rings. The Bertz CT molecular complexity index is 822. The minimum Gasteiger partial charge on any atom is -0.481 e. The first-order valence-electron chi connectivity index (χ1n) is 9.22. The van der Waals surface area contributed by atoms with Gasteiger partial charge < -0.3 is 15.1 Å². The molecule has 0 saturated carbocycles. The Hall–Kier alpha value is -2.13. The number of carboxylic acid groups (broad SMARTS) is 1. The van der Waals surface area contributed by atoms with Gasteiger partial charge in [0.15, 0.2) is 0 Å². The summed E-state index contributed by atoms with van der Waals surface area (Å²) < 4.78 is 0. The molecule has 29 heavy (non-hydrogen) atoms. The van der Waals surface area contributed by atoms with Gasteiger partial charge in [-0.1, -0.05) is 28.1 Å². The number of oxime groups is 1. The van der Waals surface area contributed by atoms with Crippen LogP contribution in [0.1, 0.15) is 31.2 Å². The number of hydrogen-bond donors (Lipinski definition) is 2. The Morgan fingerprint density at radius 3 is 2.90 bits per heavy atom. The van der Waals surface area contributed by atoms with Crippen LogP contribution in [0.5, 0.6) is 0 Å². The highest BCUT2D eigenvalue weighted by Crippen LogP contribution is 2.48. The molecule has 8 nitrogen and oxygen atoms in total. The Balaban J connectivity index is 2.07. The number of aliphatic carboxylic acids is 1. The van der Waals surface area contributed by atoms with E-state index >= 15 is 0 Å². The molecule has 2 rings (SSSR count). The number of aliphatic hydroxyl groups is 1.